The van der Waals surface area contributed by atoms with Gasteiger partial charge in [-0.05, 0) is 56.6 Å². The largest absolute Gasteiger partial charge is 0.495 e. The first kappa shape index (κ1) is 18.7. The minimum atomic E-state index is -0.0228. The van der Waals surface area contributed by atoms with Crippen LogP contribution in [0.15, 0.2) is 24.3 Å². The summed E-state index contributed by atoms with van der Waals surface area (Å²) in [6, 6.07) is 7.45. The van der Waals surface area contributed by atoms with Crippen molar-refractivity contribution in [3.05, 3.63) is 24.3 Å². The van der Waals surface area contributed by atoms with Crippen LogP contribution in [0.25, 0.3) is 0 Å². The van der Waals surface area contributed by atoms with Crippen LogP contribution in [0.3, 0.4) is 0 Å². The highest BCUT2D eigenvalue weighted by Crippen LogP contribution is 2.33. The van der Waals surface area contributed by atoms with E-state index in [1.165, 1.54) is 0 Å². The monoisotopic (exact) mass is 358 g/mol. The van der Waals surface area contributed by atoms with E-state index in [0.717, 1.165) is 57.5 Å². The van der Waals surface area contributed by atoms with E-state index in [1.54, 1.807) is 7.11 Å². The number of anilines is 1. The summed E-state index contributed by atoms with van der Waals surface area (Å²) in [5.41, 5.74) is 0.709. The van der Waals surface area contributed by atoms with Crippen molar-refractivity contribution in [3.8, 4) is 5.75 Å². The van der Waals surface area contributed by atoms with Gasteiger partial charge in [-0.3, -0.25) is 9.59 Å². The third-order valence-electron chi connectivity index (χ3n) is 5.91. The van der Waals surface area contributed by atoms with Crippen LogP contribution in [0.2, 0.25) is 0 Å². The molecule has 1 saturated heterocycles. The third-order valence-corrected chi connectivity index (χ3v) is 5.91. The summed E-state index contributed by atoms with van der Waals surface area (Å²) in [5, 5.41) is 2.98. The van der Waals surface area contributed by atoms with Gasteiger partial charge in [0.05, 0.1) is 12.8 Å². The molecule has 0 unspecified atom stereocenters. The van der Waals surface area contributed by atoms with Crippen LogP contribution in [-0.4, -0.2) is 36.9 Å². The van der Waals surface area contributed by atoms with Crippen molar-refractivity contribution >= 4 is 17.5 Å². The van der Waals surface area contributed by atoms with Crippen molar-refractivity contribution in [3.63, 3.8) is 0 Å². The molecule has 142 valence electrons. The lowest BCUT2D eigenvalue weighted by Crippen LogP contribution is -2.42. The van der Waals surface area contributed by atoms with Gasteiger partial charge in [0.15, 0.2) is 0 Å². The van der Waals surface area contributed by atoms with E-state index in [1.807, 2.05) is 29.2 Å². The van der Waals surface area contributed by atoms with Crippen LogP contribution in [0, 0.1) is 17.8 Å². The molecule has 0 bridgehead atoms. The molecule has 5 heteroatoms. The Morgan fingerprint density at radius 3 is 2.27 bits per heavy atom. The number of rotatable bonds is 4. The minimum Gasteiger partial charge on any atom is -0.495 e. The smallest absolute Gasteiger partial charge is 0.227 e. The van der Waals surface area contributed by atoms with Crippen LogP contribution in [-0.2, 0) is 9.59 Å². The molecule has 5 nitrogen and oxygen atoms in total. The topological polar surface area (TPSA) is 58.6 Å². The zero-order chi connectivity index (χ0) is 18.5. The van der Waals surface area contributed by atoms with E-state index in [-0.39, 0.29) is 17.7 Å². The van der Waals surface area contributed by atoms with E-state index < -0.39 is 0 Å². The molecule has 1 heterocycles. The molecule has 2 amide bonds. The number of likely N-dealkylation sites (tertiary alicyclic amines) is 1. The Balaban J connectivity index is 1.50. The summed E-state index contributed by atoms with van der Waals surface area (Å²) in [6.45, 7) is 4.05. The first-order valence-corrected chi connectivity index (χ1v) is 9.81. The normalized spacial score (nSPS) is 24.2. The number of ether oxygens (including phenoxy) is 1. The molecule has 26 heavy (non-hydrogen) atoms. The van der Waals surface area contributed by atoms with Gasteiger partial charge in [0.25, 0.3) is 0 Å². The second kappa shape index (κ2) is 8.56. The number of amides is 2. The Labute approximate surface area is 156 Å². The van der Waals surface area contributed by atoms with E-state index in [2.05, 4.69) is 12.2 Å². The van der Waals surface area contributed by atoms with E-state index >= 15 is 0 Å². The molecular formula is C21H30N2O3. The van der Waals surface area contributed by atoms with Crippen LogP contribution < -0.4 is 10.1 Å². The zero-order valence-corrected chi connectivity index (χ0v) is 15.9. The molecule has 1 aromatic carbocycles. The number of nitrogens with zero attached hydrogens (tertiary/aromatic N) is 1. The standard InChI is InChI=1S/C21H30N2O3/c1-15-11-13-23(14-12-15)21(25)17-9-7-16(8-10-17)20(24)22-18-5-3-4-6-19(18)26-2/h3-6,15-17H,7-14H2,1-2H3,(H,22,24). The molecule has 1 aromatic rings. The number of piperidine rings is 1. The molecular weight excluding hydrogens is 328 g/mol. The lowest BCUT2D eigenvalue weighted by Gasteiger charge is -2.35. The maximum absolute atomic E-state index is 12.7. The molecule has 1 aliphatic heterocycles. The summed E-state index contributed by atoms with van der Waals surface area (Å²) in [6.07, 6.45) is 5.41. The third kappa shape index (κ3) is 4.37. The molecule has 0 spiro atoms. The van der Waals surface area contributed by atoms with Crippen LogP contribution in [0.1, 0.15) is 45.4 Å². The summed E-state index contributed by atoms with van der Waals surface area (Å²) < 4.78 is 5.29. The van der Waals surface area contributed by atoms with Gasteiger partial charge in [-0.15, -0.1) is 0 Å². The molecule has 2 aliphatic rings. The van der Waals surface area contributed by atoms with E-state index in [4.69, 9.17) is 4.74 Å². The SMILES string of the molecule is COc1ccccc1NC(=O)C1CCC(C(=O)N2CCC(C)CC2)CC1. The molecule has 1 N–H and O–H groups in total. The average Bonchev–Trinajstić information content (AvgIpc) is 2.68. The molecule has 3 rings (SSSR count). The maximum atomic E-state index is 12.7. The Morgan fingerprint density at radius 2 is 1.62 bits per heavy atom. The van der Waals surface area contributed by atoms with Gasteiger partial charge < -0.3 is 15.0 Å². The number of benzene rings is 1. The number of nitrogens with one attached hydrogen (secondary N) is 1. The van der Waals surface area contributed by atoms with Crippen molar-refractivity contribution in [1.29, 1.82) is 0 Å². The highest BCUT2D eigenvalue weighted by Gasteiger charge is 2.33. The Bertz CT molecular complexity index is 630. The fraction of sp³-hybridized carbons (Fsp3) is 0.619. The molecule has 1 saturated carbocycles. The second-order valence-corrected chi connectivity index (χ2v) is 7.75. The van der Waals surface area contributed by atoms with Gasteiger partial charge >= 0.3 is 0 Å². The van der Waals surface area contributed by atoms with Crippen molar-refractivity contribution in [2.45, 2.75) is 45.4 Å². The fourth-order valence-electron chi connectivity index (χ4n) is 4.07. The molecule has 0 atom stereocenters. The number of carbonyl (C=O) groups is 2. The summed E-state index contributed by atoms with van der Waals surface area (Å²) >= 11 is 0. The van der Waals surface area contributed by atoms with Crippen LogP contribution in [0.5, 0.6) is 5.75 Å². The Morgan fingerprint density at radius 1 is 1.00 bits per heavy atom. The molecule has 0 aromatic heterocycles. The van der Waals surface area contributed by atoms with Crippen molar-refractivity contribution in [1.82, 2.24) is 4.90 Å². The first-order valence-electron chi connectivity index (χ1n) is 9.81. The molecule has 0 radical (unpaired) electrons. The quantitative estimate of drug-likeness (QED) is 0.893. The molecule has 2 fully saturated rings. The number of hydrogen-bond donors (Lipinski definition) is 1. The second-order valence-electron chi connectivity index (χ2n) is 7.75. The van der Waals surface area contributed by atoms with Crippen LogP contribution in [0.4, 0.5) is 5.69 Å². The lowest BCUT2D eigenvalue weighted by molar-refractivity contribution is -0.139. The fourth-order valence-corrected chi connectivity index (χ4v) is 4.07. The van der Waals surface area contributed by atoms with E-state index in [0.29, 0.717) is 17.3 Å². The lowest BCUT2D eigenvalue weighted by atomic mass is 9.80. The van der Waals surface area contributed by atoms with Gasteiger partial charge in [0.1, 0.15) is 5.75 Å². The predicted molar refractivity (Wildman–Crippen MR) is 102 cm³/mol. The van der Waals surface area contributed by atoms with Gasteiger partial charge in [-0.2, -0.15) is 0 Å². The highest BCUT2D eigenvalue weighted by molar-refractivity contribution is 5.94. The van der Waals surface area contributed by atoms with E-state index in [9.17, 15) is 9.59 Å². The minimum absolute atomic E-state index is 0.0228. The Kier molecular flexibility index (Phi) is 6.17. The van der Waals surface area contributed by atoms with Gasteiger partial charge in [0, 0.05) is 24.9 Å². The van der Waals surface area contributed by atoms with Gasteiger partial charge in [0.2, 0.25) is 11.8 Å². The Hall–Kier alpha value is -2.04. The number of hydrogen-bond acceptors (Lipinski definition) is 3. The number of para-hydroxylation sites is 2. The van der Waals surface area contributed by atoms with Gasteiger partial charge in [-0.1, -0.05) is 19.1 Å². The number of methoxy groups -OCH3 is 1. The van der Waals surface area contributed by atoms with Crippen LogP contribution >= 0.6 is 0 Å². The van der Waals surface area contributed by atoms with Gasteiger partial charge in [-0.25, -0.2) is 0 Å². The predicted octanol–water partition coefficient (Wildman–Crippen LogP) is 3.70. The maximum Gasteiger partial charge on any atom is 0.227 e. The summed E-state index contributed by atoms with van der Waals surface area (Å²) in [4.78, 5) is 27.3. The summed E-state index contributed by atoms with van der Waals surface area (Å²) in [7, 11) is 1.60. The summed E-state index contributed by atoms with van der Waals surface area (Å²) in [5.74, 6) is 1.81. The zero-order valence-electron chi connectivity index (χ0n) is 15.9. The molecule has 1 aliphatic carbocycles. The number of carbonyl (C=O) groups excluding carboxylic acids is 2. The van der Waals surface area contributed by atoms with Crippen molar-refractivity contribution in [2.75, 3.05) is 25.5 Å². The van der Waals surface area contributed by atoms with Crippen molar-refractivity contribution in [2.24, 2.45) is 17.8 Å². The highest BCUT2D eigenvalue weighted by atomic mass is 16.5. The first-order chi connectivity index (χ1) is 12.6. The van der Waals surface area contributed by atoms with Crippen molar-refractivity contribution < 1.29 is 14.3 Å². The average molecular weight is 358 g/mol.